The van der Waals surface area contributed by atoms with Crippen LogP contribution in [-0.2, 0) is 6.54 Å². The number of amides is 1. The number of carbonyl (C=O) groups excluding carboxylic acids is 1. The number of aromatic nitrogens is 2. The normalized spacial score (nSPS) is 12.3. The molecule has 2 aromatic rings. The van der Waals surface area contributed by atoms with Crippen LogP contribution in [0.15, 0.2) is 33.4 Å². The van der Waals surface area contributed by atoms with Gasteiger partial charge in [-0.2, -0.15) is 5.10 Å². The van der Waals surface area contributed by atoms with Crippen LogP contribution in [-0.4, -0.2) is 33.4 Å². The number of hydrogen-bond acceptors (Lipinski definition) is 4. The van der Waals surface area contributed by atoms with Gasteiger partial charge in [0, 0.05) is 6.20 Å². The lowest BCUT2D eigenvalue weighted by atomic mass is 10.2. The first kappa shape index (κ1) is 14.8. The summed E-state index contributed by atoms with van der Waals surface area (Å²) in [5, 5.41) is 15.9. The maximum absolute atomic E-state index is 11.9. The summed E-state index contributed by atoms with van der Waals surface area (Å²) >= 11 is 3.32. The summed E-state index contributed by atoms with van der Waals surface area (Å²) in [6.07, 6.45) is 4.17. The molecule has 0 aromatic carbocycles. The average Bonchev–Trinajstić information content (AvgIpc) is 3.05. The Hall–Kier alpha value is -1.60. The molecule has 1 unspecified atom stereocenters. The molecule has 0 saturated heterocycles. The largest absolute Gasteiger partial charge is 0.454 e. The van der Waals surface area contributed by atoms with Crippen LogP contribution in [0.5, 0.6) is 0 Å². The van der Waals surface area contributed by atoms with Crippen LogP contribution >= 0.6 is 15.9 Å². The molecule has 2 aromatic heterocycles. The minimum atomic E-state index is -0.321. The monoisotopic (exact) mass is 341 g/mol. The second-order valence-electron chi connectivity index (χ2n) is 4.38. The summed E-state index contributed by atoms with van der Waals surface area (Å²) in [5.41, 5.74) is 0. The molecule has 7 heteroatoms. The summed E-state index contributed by atoms with van der Waals surface area (Å²) in [5.74, 6) is 0.555. The van der Waals surface area contributed by atoms with Gasteiger partial charge >= 0.3 is 0 Å². The highest BCUT2D eigenvalue weighted by Gasteiger charge is 2.15. The quantitative estimate of drug-likeness (QED) is 0.839. The summed E-state index contributed by atoms with van der Waals surface area (Å²) in [6, 6.07) is 3.11. The molecular formula is C13H16BrN3O3. The number of hydrogen-bond donors (Lipinski definition) is 2. The molecule has 20 heavy (non-hydrogen) atoms. The Morgan fingerprint density at radius 3 is 3.00 bits per heavy atom. The smallest absolute Gasteiger partial charge is 0.287 e. The topological polar surface area (TPSA) is 80.3 Å². The van der Waals surface area contributed by atoms with E-state index in [0.29, 0.717) is 18.7 Å². The van der Waals surface area contributed by atoms with Gasteiger partial charge in [0.25, 0.3) is 5.91 Å². The Kier molecular flexibility index (Phi) is 4.97. The zero-order valence-corrected chi connectivity index (χ0v) is 12.6. The number of nitrogens with one attached hydrogen (secondary N) is 1. The maximum atomic E-state index is 11.9. The minimum absolute atomic E-state index is 0.0862. The molecule has 1 atom stereocenters. The van der Waals surface area contributed by atoms with Gasteiger partial charge in [0.05, 0.1) is 29.9 Å². The number of furan rings is 1. The van der Waals surface area contributed by atoms with Crippen LogP contribution < -0.4 is 5.32 Å². The molecule has 0 aliphatic carbocycles. The number of aliphatic hydroxyl groups excluding tert-OH is 1. The Morgan fingerprint density at radius 2 is 2.40 bits per heavy atom. The number of rotatable bonds is 6. The van der Waals surface area contributed by atoms with Crippen LogP contribution in [0.1, 0.15) is 29.7 Å². The van der Waals surface area contributed by atoms with Crippen molar-refractivity contribution in [3.8, 4) is 0 Å². The SMILES string of the molecule is CCC(CO)NC(=O)c1ccc(Cn2cc(Br)cn2)o1. The van der Waals surface area contributed by atoms with Crippen LogP contribution in [0.2, 0.25) is 0 Å². The lowest BCUT2D eigenvalue weighted by Crippen LogP contribution is -2.36. The molecule has 6 nitrogen and oxygen atoms in total. The third kappa shape index (κ3) is 3.71. The average molecular weight is 342 g/mol. The van der Waals surface area contributed by atoms with E-state index < -0.39 is 0 Å². The summed E-state index contributed by atoms with van der Waals surface area (Å²) < 4.78 is 8.07. The van der Waals surface area contributed by atoms with Gasteiger partial charge in [-0.3, -0.25) is 9.48 Å². The minimum Gasteiger partial charge on any atom is -0.454 e. The molecule has 0 radical (unpaired) electrons. The Labute approximate surface area is 124 Å². The molecule has 0 aliphatic heterocycles. The van der Waals surface area contributed by atoms with Gasteiger partial charge in [-0.15, -0.1) is 0 Å². The molecule has 2 rings (SSSR count). The second kappa shape index (κ2) is 6.71. The van der Waals surface area contributed by atoms with E-state index in [1.807, 2.05) is 13.1 Å². The molecule has 0 spiro atoms. The summed E-state index contributed by atoms with van der Waals surface area (Å²) in [4.78, 5) is 11.9. The fourth-order valence-electron chi connectivity index (χ4n) is 1.70. The van der Waals surface area contributed by atoms with Gasteiger partial charge in [-0.05, 0) is 34.5 Å². The van der Waals surface area contributed by atoms with E-state index in [2.05, 4.69) is 26.3 Å². The van der Waals surface area contributed by atoms with Gasteiger partial charge in [0.15, 0.2) is 5.76 Å². The highest BCUT2D eigenvalue weighted by molar-refractivity contribution is 9.10. The van der Waals surface area contributed by atoms with E-state index >= 15 is 0 Å². The standard InChI is InChI=1S/C13H16BrN3O3/c1-2-10(8-18)16-13(19)12-4-3-11(20-12)7-17-6-9(14)5-15-17/h3-6,10,18H,2,7-8H2,1H3,(H,16,19). The zero-order chi connectivity index (χ0) is 14.5. The van der Waals surface area contributed by atoms with Crippen molar-refractivity contribution in [3.63, 3.8) is 0 Å². The first-order chi connectivity index (χ1) is 9.62. The van der Waals surface area contributed by atoms with E-state index in [9.17, 15) is 4.79 Å². The number of halogens is 1. The Bertz CT molecular complexity index is 575. The molecule has 2 N–H and O–H groups in total. The van der Waals surface area contributed by atoms with Crippen LogP contribution in [0, 0.1) is 0 Å². The number of nitrogens with zero attached hydrogens (tertiary/aromatic N) is 2. The fourth-order valence-corrected chi connectivity index (χ4v) is 2.03. The van der Waals surface area contributed by atoms with Crippen molar-refractivity contribution in [3.05, 3.63) is 40.5 Å². The van der Waals surface area contributed by atoms with Crippen molar-refractivity contribution in [2.45, 2.75) is 25.9 Å². The van der Waals surface area contributed by atoms with E-state index in [1.165, 1.54) is 0 Å². The molecule has 2 heterocycles. The molecule has 108 valence electrons. The van der Waals surface area contributed by atoms with Gasteiger partial charge < -0.3 is 14.8 Å². The van der Waals surface area contributed by atoms with Crippen LogP contribution in [0.3, 0.4) is 0 Å². The van der Waals surface area contributed by atoms with E-state index in [4.69, 9.17) is 9.52 Å². The molecule has 1 amide bonds. The Morgan fingerprint density at radius 1 is 1.60 bits per heavy atom. The van der Waals surface area contributed by atoms with Crippen molar-refractivity contribution in [2.24, 2.45) is 0 Å². The third-order valence-corrected chi connectivity index (χ3v) is 3.26. The van der Waals surface area contributed by atoms with Crippen molar-refractivity contribution in [1.29, 1.82) is 0 Å². The summed E-state index contributed by atoms with van der Waals surface area (Å²) in [6.45, 7) is 2.26. The third-order valence-electron chi connectivity index (χ3n) is 2.85. The highest BCUT2D eigenvalue weighted by atomic mass is 79.9. The summed E-state index contributed by atoms with van der Waals surface area (Å²) in [7, 11) is 0. The van der Waals surface area contributed by atoms with Gasteiger partial charge in [0.2, 0.25) is 0 Å². The number of aliphatic hydroxyl groups is 1. The Balaban J connectivity index is 1.99. The van der Waals surface area contributed by atoms with Gasteiger partial charge in [-0.25, -0.2) is 0 Å². The molecule has 0 aliphatic rings. The molecule has 0 bridgehead atoms. The van der Waals surface area contributed by atoms with Crippen molar-refractivity contribution in [1.82, 2.24) is 15.1 Å². The molecule has 0 saturated carbocycles. The maximum Gasteiger partial charge on any atom is 0.287 e. The van der Waals surface area contributed by atoms with Crippen molar-refractivity contribution < 1.29 is 14.3 Å². The van der Waals surface area contributed by atoms with Crippen LogP contribution in [0.25, 0.3) is 0 Å². The predicted octanol–water partition coefficient (Wildman–Crippen LogP) is 1.79. The van der Waals surface area contributed by atoms with E-state index in [0.717, 1.165) is 4.47 Å². The second-order valence-corrected chi connectivity index (χ2v) is 5.30. The highest BCUT2D eigenvalue weighted by Crippen LogP contribution is 2.12. The van der Waals surface area contributed by atoms with Crippen LogP contribution in [0.4, 0.5) is 0 Å². The first-order valence-corrected chi connectivity index (χ1v) is 7.10. The zero-order valence-electron chi connectivity index (χ0n) is 11.0. The van der Waals surface area contributed by atoms with Crippen molar-refractivity contribution >= 4 is 21.8 Å². The van der Waals surface area contributed by atoms with E-state index in [-0.39, 0.29) is 24.3 Å². The van der Waals surface area contributed by atoms with Gasteiger partial charge in [0.1, 0.15) is 5.76 Å². The number of carbonyl (C=O) groups is 1. The first-order valence-electron chi connectivity index (χ1n) is 6.30. The lowest BCUT2D eigenvalue weighted by molar-refractivity contribution is 0.0885. The molecule has 0 fully saturated rings. The molecular weight excluding hydrogens is 326 g/mol. The van der Waals surface area contributed by atoms with E-state index in [1.54, 1.807) is 23.0 Å². The van der Waals surface area contributed by atoms with Gasteiger partial charge in [-0.1, -0.05) is 6.92 Å². The van der Waals surface area contributed by atoms with Crippen molar-refractivity contribution in [2.75, 3.05) is 6.61 Å². The predicted molar refractivity (Wildman–Crippen MR) is 76.4 cm³/mol. The lowest BCUT2D eigenvalue weighted by Gasteiger charge is -2.12. The fraction of sp³-hybridized carbons (Fsp3) is 0.385.